The van der Waals surface area contributed by atoms with Crippen molar-refractivity contribution in [2.24, 2.45) is 0 Å². The average Bonchev–Trinajstić information content (AvgIpc) is 2.55. The van der Waals surface area contributed by atoms with Gasteiger partial charge in [-0.05, 0) is 36.6 Å². The maximum atomic E-state index is 12.2. The van der Waals surface area contributed by atoms with E-state index in [0.29, 0.717) is 12.1 Å². The third-order valence-electron chi connectivity index (χ3n) is 4.08. The van der Waals surface area contributed by atoms with Gasteiger partial charge in [-0.3, -0.25) is 9.59 Å². The van der Waals surface area contributed by atoms with Crippen LogP contribution < -0.4 is 0 Å². The van der Waals surface area contributed by atoms with Gasteiger partial charge in [0, 0.05) is 32.0 Å². The fourth-order valence-electron chi connectivity index (χ4n) is 2.42. The smallest absolute Gasteiger partial charge is 0.223 e. The third-order valence-corrected chi connectivity index (χ3v) is 4.08. The first kappa shape index (κ1) is 16.9. The number of hydrogen-bond donors (Lipinski definition) is 0. The summed E-state index contributed by atoms with van der Waals surface area (Å²) in [4.78, 5) is 26.1. The molecule has 0 saturated heterocycles. The highest BCUT2D eigenvalue weighted by molar-refractivity contribution is 5.98. The Labute approximate surface area is 137 Å². The number of aryl methyl sites for hydroxylation is 2. The molecule has 0 spiro atoms. The van der Waals surface area contributed by atoms with Crippen molar-refractivity contribution >= 4 is 11.7 Å². The van der Waals surface area contributed by atoms with Crippen LogP contribution in [0.1, 0.15) is 39.9 Å². The summed E-state index contributed by atoms with van der Waals surface area (Å²) >= 11 is 0. The summed E-state index contributed by atoms with van der Waals surface area (Å²) in [6.07, 6.45) is 0.496. The van der Waals surface area contributed by atoms with E-state index in [-0.39, 0.29) is 24.5 Å². The van der Waals surface area contributed by atoms with Gasteiger partial charge in [-0.2, -0.15) is 0 Å². The van der Waals surface area contributed by atoms with Crippen LogP contribution in [-0.2, 0) is 11.3 Å². The van der Waals surface area contributed by atoms with Crippen LogP contribution in [0.5, 0.6) is 0 Å². The van der Waals surface area contributed by atoms with Crippen molar-refractivity contribution in [1.82, 2.24) is 4.90 Å². The van der Waals surface area contributed by atoms with Gasteiger partial charge >= 0.3 is 0 Å². The number of carbonyl (C=O) groups is 2. The van der Waals surface area contributed by atoms with Gasteiger partial charge in [0.15, 0.2) is 5.78 Å². The minimum Gasteiger partial charge on any atom is -0.341 e. The number of carbonyl (C=O) groups excluding carboxylic acids is 2. The zero-order chi connectivity index (χ0) is 16.8. The van der Waals surface area contributed by atoms with E-state index in [0.717, 1.165) is 11.1 Å². The van der Waals surface area contributed by atoms with Crippen molar-refractivity contribution < 1.29 is 9.59 Å². The SMILES string of the molecule is Cc1ccc(C(=O)CCC(=O)N(C)Cc2ccccc2)cc1C. The van der Waals surface area contributed by atoms with Gasteiger partial charge in [0.1, 0.15) is 0 Å². The molecule has 3 heteroatoms. The van der Waals surface area contributed by atoms with Crippen molar-refractivity contribution in [1.29, 1.82) is 0 Å². The molecular formula is C20H23NO2. The second-order valence-corrected chi connectivity index (χ2v) is 5.96. The Morgan fingerprint density at radius 1 is 0.913 bits per heavy atom. The lowest BCUT2D eigenvalue weighted by molar-refractivity contribution is -0.130. The lowest BCUT2D eigenvalue weighted by Gasteiger charge is -2.17. The third kappa shape index (κ3) is 4.78. The van der Waals surface area contributed by atoms with Crippen molar-refractivity contribution in [3.63, 3.8) is 0 Å². The number of benzene rings is 2. The Kier molecular flexibility index (Phi) is 5.69. The first-order valence-corrected chi connectivity index (χ1v) is 7.85. The predicted octanol–water partition coefficient (Wildman–Crippen LogP) is 3.92. The second-order valence-electron chi connectivity index (χ2n) is 5.96. The molecule has 0 radical (unpaired) electrons. The molecule has 1 amide bonds. The minimum absolute atomic E-state index is 0.00830. The summed E-state index contributed by atoms with van der Waals surface area (Å²) in [5.74, 6) is 0.0144. The monoisotopic (exact) mass is 309 g/mol. The molecule has 2 aromatic rings. The van der Waals surface area contributed by atoms with E-state index in [1.54, 1.807) is 11.9 Å². The van der Waals surface area contributed by atoms with Crippen LogP contribution >= 0.6 is 0 Å². The highest BCUT2D eigenvalue weighted by Gasteiger charge is 2.13. The second kappa shape index (κ2) is 7.73. The van der Waals surface area contributed by atoms with Crippen LogP contribution in [0.4, 0.5) is 0 Å². The molecule has 0 saturated carbocycles. The summed E-state index contributed by atoms with van der Waals surface area (Å²) in [5.41, 5.74) is 4.04. The van der Waals surface area contributed by atoms with Gasteiger partial charge < -0.3 is 4.90 Å². The fourth-order valence-corrected chi connectivity index (χ4v) is 2.42. The normalized spacial score (nSPS) is 10.4. The summed E-state index contributed by atoms with van der Waals surface area (Å²) in [5, 5.41) is 0. The Bertz CT molecular complexity index is 692. The topological polar surface area (TPSA) is 37.4 Å². The summed E-state index contributed by atoms with van der Waals surface area (Å²) < 4.78 is 0. The van der Waals surface area contributed by atoms with Crippen LogP contribution in [-0.4, -0.2) is 23.6 Å². The van der Waals surface area contributed by atoms with Crippen LogP contribution in [0.25, 0.3) is 0 Å². The van der Waals surface area contributed by atoms with E-state index in [2.05, 4.69) is 0 Å². The van der Waals surface area contributed by atoms with E-state index in [1.165, 1.54) is 5.56 Å². The Morgan fingerprint density at radius 3 is 2.26 bits per heavy atom. The predicted molar refractivity (Wildman–Crippen MR) is 92.4 cm³/mol. The minimum atomic E-state index is -0.00830. The van der Waals surface area contributed by atoms with E-state index < -0.39 is 0 Å². The van der Waals surface area contributed by atoms with Gasteiger partial charge in [-0.25, -0.2) is 0 Å². The van der Waals surface area contributed by atoms with Crippen molar-refractivity contribution in [2.75, 3.05) is 7.05 Å². The van der Waals surface area contributed by atoms with Crippen molar-refractivity contribution in [3.05, 3.63) is 70.8 Å². The standard InChI is InChI=1S/C20H23NO2/c1-15-9-10-18(13-16(15)2)19(22)11-12-20(23)21(3)14-17-7-5-4-6-8-17/h4-10,13H,11-12,14H2,1-3H3. The van der Waals surface area contributed by atoms with Crippen LogP contribution in [0.2, 0.25) is 0 Å². The number of hydrogen-bond acceptors (Lipinski definition) is 2. The lowest BCUT2D eigenvalue weighted by atomic mass is 10.0. The quantitative estimate of drug-likeness (QED) is 0.758. The molecule has 2 rings (SSSR count). The Morgan fingerprint density at radius 2 is 1.61 bits per heavy atom. The molecule has 23 heavy (non-hydrogen) atoms. The van der Waals surface area contributed by atoms with Gasteiger partial charge in [0.25, 0.3) is 0 Å². The van der Waals surface area contributed by atoms with Gasteiger partial charge in [0.05, 0.1) is 0 Å². The largest absolute Gasteiger partial charge is 0.341 e. The summed E-state index contributed by atoms with van der Waals surface area (Å²) in [6.45, 7) is 4.58. The molecule has 3 nitrogen and oxygen atoms in total. The fraction of sp³-hybridized carbons (Fsp3) is 0.300. The molecule has 0 N–H and O–H groups in total. The maximum Gasteiger partial charge on any atom is 0.223 e. The highest BCUT2D eigenvalue weighted by atomic mass is 16.2. The van der Waals surface area contributed by atoms with E-state index in [4.69, 9.17) is 0 Å². The molecule has 0 aliphatic heterocycles. The molecule has 0 unspecified atom stereocenters. The number of rotatable bonds is 6. The van der Waals surface area contributed by atoms with E-state index in [9.17, 15) is 9.59 Å². The highest BCUT2D eigenvalue weighted by Crippen LogP contribution is 2.13. The van der Waals surface area contributed by atoms with E-state index >= 15 is 0 Å². The molecule has 0 aliphatic rings. The Balaban J connectivity index is 1.88. The van der Waals surface area contributed by atoms with Crippen LogP contribution in [0.15, 0.2) is 48.5 Å². The zero-order valence-corrected chi connectivity index (χ0v) is 14.0. The molecule has 2 aromatic carbocycles. The van der Waals surface area contributed by atoms with E-state index in [1.807, 2.05) is 62.4 Å². The summed E-state index contributed by atoms with van der Waals surface area (Å²) in [6, 6.07) is 15.5. The molecule has 0 heterocycles. The maximum absolute atomic E-state index is 12.2. The van der Waals surface area contributed by atoms with Crippen molar-refractivity contribution in [2.45, 2.75) is 33.2 Å². The van der Waals surface area contributed by atoms with Gasteiger partial charge in [0.2, 0.25) is 5.91 Å². The molecule has 0 bridgehead atoms. The first-order chi connectivity index (χ1) is 11.0. The molecule has 120 valence electrons. The first-order valence-electron chi connectivity index (χ1n) is 7.85. The van der Waals surface area contributed by atoms with Crippen LogP contribution in [0, 0.1) is 13.8 Å². The number of amides is 1. The number of Topliss-reactive ketones (excluding diaryl/α,β-unsaturated/α-hetero) is 1. The summed E-state index contributed by atoms with van der Waals surface area (Å²) in [7, 11) is 1.77. The molecule has 0 fully saturated rings. The van der Waals surface area contributed by atoms with Gasteiger partial charge in [-0.15, -0.1) is 0 Å². The zero-order valence-electron chi connectivity index (χ0n) is 14.0. The molecule has 0 aromatic heterocycles. The number of ketones is 1. The molecule has 0 aliphatic carbocycles. The van der Waals surface area contributed by atoms with Crippen molar-refractivity contribution in [3.8, 4) is 0 Å². The average molecular weight is 309 g/mol. The molecular weight excluding hydrogens is 286 g/mol. The van der Waals surface area contributed by atoms with Gasteiger partial charge in [-0.1, -0.05) is 42.5 Å². The lowest BCUT2D eigenvalue weighted by Crippen LogP contribution is -2.26. The number of nitrogens with zero attached hydrogens (tertiary/aromatic N) is 1. The Hall–Kier alpha value is -2.42. The van der Waals surface area contributed by atoms with Crippen LogP contribution in [0.3, 0.4) is 0 Å². The molecule has 0 atom stereocenters.